The van der Waals surface area contributed by atoms with Crippen molar-refractivity contribution in [1.82, 2.24) is 34.3 Å². The summed E-state index contributed by atoms with van der Waals surface area (Å²) in [4.78, 5) is 40.7. The van der Waals surface area contributed by atoms with E-state index >= 15 is 0 Å². The third-order valence-electron chi connectivity index (χ3n) is 7.76. The van der Waals surface area contributed by atoms with Crippen LogP contribution in [-0.2, 0) is 0 Å². The number of nitrogens with zero attached hydrogens (tertiary/aromatic N) is 6. The van der Waals surface area contributed by atoms with Crippen LogP contribution in [0.2, 0.25) is 0 Å². The number of H-pyrrole nitrogens is 1. The maximum Gasteiger partial charge on any atom is 0.255 e. The van der Waals surface area contributed by atoms with E-state index in [0.29, 0.717) is 11.1 Å². The van der Waals surface area contributed by atoms with E-state index in [2.05, 4.69) is 39.0 Å². The molecule has 2 aliphatic heterocycles. The Morgan fingerprint density at radius 2 is 1.75 bits per heavy atom. The maximum atomic E-state index is 13.3. The zero-order chi connectivity index (χ0) is 24.8. The Morgan fingerprint density at radius 1 is 1.00 bits per heavy atom. The van der Waals surface area contributed by atoms with Gasteiger partial charge in [0.05, 0.1) is 22.8 Å². The topological polar surface area (TPSA) is 89.8 Å². The summed E-state index contributed by atoms with van der Waals surface area (Å²) in [7, 11) is 4.17. The Morgan fingerprint density at radius 3 is 2.53 bits per heavy atom. The van der Waals surface area contributed by atoms with Crippen molar-refractivity contribution in [2.45, 2.75) is 12.8 Å². The number of piperazine rings is 1. The minimum Gasteiger partial charge on any atom is -0.346 e. The van der Waals surface area contributed by atoms with E-state index in [9.17, 15) is 9.59 Å². The standard InChI is InChI=1S/C27H31N7O2.H2/c1-31-6-3-18(4-7-31)25(35)23-17-30-34-8-5-19(14-24(23)34)22-16-29-26-21(22)13-20(15-28-26)27(36)33-11-9-32(2)10-12-33;/h5,8,13-18H,3-4,6-7,9-12H2,1-2H3,(H,28,29);1H. The fourth-order valence-electron chi connectivity index (χ4n) is 5.38. The quantitative estimate of drug-likeness (QED) is 0.445. The SMILES string of the molecule is CN1CCC(C(=O)c2cnn3ccc(-c4c[nH]c5ncc(C(=O)N6CCN(C)CC6)cc45)cc23)CC1.[HH]. The number of likely N-dealkylation sites (N-methyl/N-ethyl adjacent to an activating group) is 1. The number of Topliss-reactive ketones (excluding diaryl/α,β-unsaturated/α-hetero) is 1. The van der Waals surface area contributed by atoms with Crippen LogP contribution in [0.5, 0.6) is 0 Å². The molecule has 188 valence electrons. The van der Waals surface area contributed by atoms with Crippen LogP contribution in [0.3, 0.4) is 0 Å². The number of aromatic nitrogens is 4. The fourth-order valence-corrected chi connectivity index (χ4v) is 5.38. The monoisotopic (exact) mass is 487 g/mol. The zero-order valence-corrected chi connectivity index (χ0v) is 20.8. The molecule has 4 aromatic rings. The Bertz CT molecular complexity index is 1450. The lowest BCUT2D eigenvalue weighted by Crippen LogP contribution is -2.47. The van der Waals surface area contributed by atoms with Crippen molar-refractivity contribution in [3.05, 3.63) is 54.1 Å². The third-order valence-corrected chi connectivity index (χ3v) is 7.76. The molecule has 2 fully saturated rings. The molecule has 0 spiro atoms. The molecular weight excluding hydrogens is 454 g/mol. The zero-order valence-electron chi connectivity index (χ0n) is 20.8. The van der Waals surface area contributed by atoms with Crippen LogP contribution in [0.1, 0.15) is 35.0 Å². The second kappa shape index (κ2) is 9.15. The van der Waals surface area contributed by atoms with E-state index in [0.717, 1.165) is 79.8 Å². The molecular formula is C27H33N7O2. The second-order valence-electron chi connectivity index (χ2n) is 10.2. The van der Waals surface area contributed by atoms with Crippen molar-refractivity contribution >= 4 is 28.2 Å². The summed E-state index contributed by atoms with van der Waals surface area (Å²) >= 11 is 0. The summed E-state index contributed by atoms with van der Waals surface area (Å²) in [5.41, 5.74) is 4.72. The van der Waals surface area contributed by atoms with Gasteiger partial charge in [-0.15, -0.1) is 0 Å². The average molecular weight is 488 g/mol. The minimum atomic E-state index is 0. The number of fused-ring (bicyclic) bond motifs is 2. The number of likely N-dealkylation sites (tertiary alicyclic amines) is 1. The number of piperidine rings is 1. The number of pyridine rings is 2. The van der Waals surface area contributed by atoms with Gasteiger partial charge in [0.25, 0.3) is 5.91 Å². The maximum absolute atomic E-state index is 13.3. The normalized spacial score (nSPS) is 18.3. The second-order valence-corrected chi connectivity index (χ2v) is 10.2. The molecule has 4 aromatic heterocycles. The Labute approximate surface area is 211 Å². The van der Waals surface area contributed by atoms with Crippen LogP contribution in [0.4, 0.5) is 0 Å². The molecule has 9 nitrogen and oxygen atoms in total. The summed E-state index contributed by atoms with van der Waals surface area (Å²) in [6, 6.07) is 5.94. The highest BCUT2D eigenvalue weighted by atomic mass is 16.2. The third kappa shape index (κ3) is 4.08. The van der Waals surface area contributed by atoms with Crippen LogP contribution in [0, 0.1) is 5.92 Å². The molecule has 2 saturated heterocycles. The first-order valence-corrected chi connectivity index (χ1v) is 12.6. The number of hydrogen-bond acceptors (Lipinski definition) is 6. The number of aromatic amines is 1. The van der Waals surface area contributed by atoms with Gasteiger partial charge in [0.15, 0.2) is 5.78 Å². The van der Waals surface area contributed by atoms with E-state index < -0.39 is 0 Å². The van der Waals surface area contributed by atoms with Gasteiger partial charge in [-0.3, -0.25) is 9.59 Å². The smallest absolute Gasteiger partial charge is 0.255 e. The number of hydrogen-bond donors (Lipinski definition) is 1. The number of amides is 1. The summed E-state index contributed by atoms with van der Waals surface area (Å²) < 4.78 is 1.76. The van der Waals surface area contributed by atoms with Crippen LogP contribution >= 0.6 is 0 Å². The molecule has 0 bridgehead atoms. The molecule has 0 radical (unpaired) electrons. The minimum absolute atomic E-state index is 0. The van der Waals surface area contributed by atoms with Gasteiger partial charge in [0, 0.05) is 63.1 Å². The Balaban J connectivity index is 0.00000280. The molecule has 0 aromatic carbocycles. The predicted molar refractivity (Wildman–Crippen MR) is 140 cm³/mol. The lowest BCUT2D eigenvalue weighted by molar-refractivity contribution is 0.0663. The van der Waals surface area contributed by atoms with E-state index in [1.165, 1.54) is 0 Å². The summed E-state index contributed by atoms with van der Waals surface area (Å²) in [6.07, 6.45) is 8.92. The molecule has 6 heterocycles. The van der Waals surface area contributed by atoms with Crippen LogP contribution in [0.25, 0.3) is 27.7 Å². The first-order chi connectivity index (χ1) is 17.5. The van der Waals surface area contributed by atoms with E-state index in [1.807, 2.05) is 35.5 Å². The molecule has 2 aliphatic rings. The largest absolute Gasteiger partial charge is 0.346 e. The number of ketones is 1. The highest BCUT2D eigenvalue weighted by molar-refractivity contribution is 6.05. The highest BCUT2D eigenvalue weighted by Gasteiger charge is 2.27. The molecule has 1 N–H and O–H groups in total. The molecule has 0 saturated carbocycles. The van der Waals surface area contributed by atoms with Crippen molar-refractivity contribution in [2.24, 2.45) is 5.92 Å². The lowest BCUT2D eigenvalue weighted by Gasteiger charge is -2.32. The molecule has 6 rings (SSSR count). The predicted octanol–water partition coefficient (Wildman–Crippen LogP) is 3.04. The number of carbonyl (C=O) groups excluding carboxylic acids is 2. The molecule has 36 heavy (non-hydrogen) atoms. The van der Waals surface area contributed by atoms with Crippen molar-refractivity contribution < 1.29 is 11.0 Å². The average Bonchev–Trinajstić information content (AvgIpc) is 3.52. The number of nitrogens with one attached hydrogen (secondary N) is 1. The highest BCUT2D eigenvalue weighted by Crippen LogP contribution is 2.31. The van der Waals surface area contributed by atoms with Gasteiger partial charge in [-0.1, -0.05) is 0 Å². The van der Waals surface area contributed by atoms with Crippen molar-refractivity contribution in [3.8, 4) is 11.1 Å². The first kappa shape index (κ1) is 22.9. The van der Waals surface area contributed by atoms with Crippen molar-refractivity contribution in [1.29, 1.82) is 0 Å². The number of rotatable bonds is 4. The van der Waals surface area contributed by atoms with Gasteiger partial charge >= 0.3 is 0 Å². The van der Waals surface area contributed by atoms with E-state index in [-0.39, 0.29) is 19.0 Å². The molecule has 0 aliphatic carbocycles. The summed E-state index contributed by atoms with van der Waals surface area (Å²) in [5, 5.41) is 5.33. The van der Waals surface area contributed by atoms with Crippen LogP contribution in [-0.4, -0.2) is 99.3 Å². The van der Waals surface area contributed by atoms with Gasteiger partial charge in [-0.2, -0.15) is 5.10 Å². The summed E-state index contributed by atoms with van der Waals surface area (Å²) in [6.45, 7) is 5.08. The van der Waals surface area contributed by atoms with Crippen molar-refractivity contribution in [3.63, 3.8) is 0 Å². The number of carbonyl (C=O) groups is 2. The van der Waals surface area contributed by atoms with Gasteiger partial charge in [0.2, 0.25) is 0 Å². The van der Waals surface area contributed by atoms with E-state index in [1.54, 1.807) is 16.9 Å². The molecule has 9 heteroatoms. The summed E-state index contributed by atoms with van der Waals surface area (Å²) in [5.74, 6) is 0.232. The lowest BCUT2D eigenvalue weighted by atomic mass is 9.89. The Kier molecular flexibility index (Phi) is 5.81. The molecule has 0 unspecified atom stereocenters. The van der Waals surface area contributed by atoms with Crippen molar-refractivity contribution in [2.75, 3.05) is 53.4 Å². The van der Waals surface area contributed by atoms with E-state index in [4.69, 9.17) is 0 Å². The molecule has 1 amide bonds. The van der Waals surface area contributed by atoms with Gasteiger partial charge < -0.3 is 19.7 Å². The fraction of sp³-hybridized carbons (Fsp3) is 0.407. The Hall–Kier alpha value is -3.56. The van der Waals surface area contributed by atoms with Gasteiger partial charge in [-0.05, 0) is 63.8 Å². The van der Waals surface area contributed by atoms with Crippen LogP contribution in [0.15, 0.2) is 43.0 Å². The van der Waals surface area contributed by atoms with Gasteiger partial charge in [0.1, 0.15) is 5.65 Å². The first-order valence-electron chi connectivity index (χ1n) is 12.6. The van der Waals surface area contributed by atoms with Crippen LogP contribution < -0.4 is 0 Å². The van der Waals surface area contributed by atoms with Gasteiger partial charge in [-0.25, -0.2) is 9.50 Å². The molecule has 0 atom stereocenters.